The molecule has 0 unspecified atom stereocenters. The first-order chi connectivity index (χ1) is 13.8. The van der Waals surface area contributed by atoms with E-state index in [4.69, 9.17) is 11.6 Å². The highest BCUT2D eigenvalue weighted by Gasteiger charge is 2.30. The second-order valence-electron chi connectivity index (χ2n) is 6.36. The molecule has 0 aliphatic heterocycles. The summed E-state index contributed by atoms with van der Waals surface area (Å²) >= 11 is 7.18. The smallest absolute Gasteiger partial charge is 0.320 e. The van der Waals surface area contributed by atoms with Gasteiger partial charge in [-0.3, -0.25) is 0 Å². The van der Waals surface area contributed by atoms with Gasteiger partial charge < -0.3 is 5.32 Å². The molecule has 0 saturated heterocycles. The molecule has 0 atom stereocenters. The number of nitrogens with one attached hydrogen (secondary N) is 1. The second kappa shape index (κ2) is 10.7. The summed E-state index contributed by atoms with van der Waals surface area (Å²) in [6, 6.07) is 11.2. The van der Waals surface area contributed by atoms with Crippen LogP contribution in [-0.4, -0.2) is 19.5 Å². The lowest BCUT2D eigenvalue weighted by Gasteiger charge is -2.08. The molecule has 2 aromatic carbocycles. The van der Waals surface area contributed by atoms with Gasteiger partial charge in [-0.1, -0.05) is 37.0 Å². The molecule has 0 radical (unpaired) electrons. The standard InChI is InChI=1S/C19H12ClF3S.C4H11N/c1-12-18(14-5-7-15(8-6-14)19(21,22)23)16-9-4-13(3-2-10-20)11-17(16)24-12;1-3-4-5-2/h4-9,11H,10H2,1H3;5H,3-4H2,1-2H3. The van der Waals surface area contributed by atoms with Crippen LogP contribution in [0.1, 0.15) is 29.3 Å². The molecule has 0 fully saturated rings. The number of hydrogen-bond donors (Lipinski definition) is 1. The Balaban J connectivity index is 0.000000537. The summed E-state index contributed by atoms with van der Waals surface area (Å²) in [6.45, 7) is 5.26. The van der Waals surface area contributed by atoms with Gasteiger partial charge in [-0.15, -0.1) is 22.9 Å². The average Bonchev–Trinajstić information content (AvgIpc) is 3.02. The first-order valence-corrected chi connectivity index (χ1v) is 10.6. The third-order valence-corrected chi connectivity index (χ3v) is 5.37. The molecule has 3 rings (SSSR count). The monoisotopic (exact) mass is 437 g/mol. The molecule has 1 nitrogen and oxygen atoms in total. The maximum atomic E-state index is 12.7. The first kappa shape index (κ1) is 23.3. The Hall–Kier alpha value is -2.00. The molecule has 0 spiro atoms. The minimum absolute atomic E-state index is 0.276. The van der Waals surface area contributed by atoms with Crippen molar-refractivity contribution < 1.29 is 13.2 Å². The van der Waals surface area contributed by atoms with E-state index in [0.717, 1.165) is 50.3 Å². The predicted octanol–water partition coefficient (Wildman–Crippen LogP) is 7.10. The molecule has 6 heteroatoms. The summed E-state index contributed by atoms with van der Waals surface area (Å²) in [5, 5.41) is 4.04. The quantitative estimate of drug-likeness (QED) is 0.340. The zero-order valence-electron chi connectivity index (χ0n) is 16.6. The number of fused-ring (bicyclic) bond motifs is 1. The molecule has 1 heterocycles. The van der Waals surface area contributed by atoms with Crippen molar-refractivity contribution in [2.45, 2.75) is 26.4 Å². The highest BCUT2D eigenvalue weighted by atomic mass is 35.5. The largest absolute Gasteiger partial charge is 0.416 e. The number of thiophene rings is 1. The Labute approximate surface area is 178 Å². The van der Waals surface area contributed by atoms with Gasteiger partial charge in [0.25, 0.3) is 0 Å². The summed E-state index contributed by atoms with van der Waals surface area (Å²) in [4.78, 5) is 1.06. The van der Waals surface area contributed by atoms with Crippen molar-refractivity contribution in [3.8, 4) is 23.0 Å². The van der Waals surface area contributed by atoms with Gasteiger partial charge in [0.15, 0.2) is 0 Å². The fourth-order valence-electron chi connectivity index (χ4n) is 2.87. The van der Waals surface area contributed by atoms with E-state index in [0.29, 0.717) is 0 Å². The van der Waals surface area contributed by atoms with Gasteiger partial charge in [-0.05, 0) is 56.8 Å². The Morgan fingerprint density at radius 1 is 1.10 bits per heavy atom. The number of benzene rings is 2. The summed E-state index contributed by atoms with van der Waals surface area (Å²) < 4.78 is 39.2. The van der Waals surface area contributed by atoms with Crippen molar-refractivity contribution in [1.29, 1.82) is 0 Å². The number of rotatable bonds is 3. The van der Waals surface area contributed by atoms with Crippen LogP contribution >= 0.6 is 22.9 Å². The van der Waals surface area contributed by atoms with Crippen LogP contribution in [-0.2, 0) is 6.18 Å². The highest BCUT2D eigenvalue weighted by Crippen LogP contribution is 2.39. The van der Waals surface area contributed by atoms with Gasteiger partial charge in [-0.2, -0.15) is 13.2 Å². The maximum Gasteiger partial charge on any atom is 0.416 e. The Morgan fingerprint density at radius 2 is 1.79 bits per heavy atom. The van der Waals surface area contributed by atoms with E-state index in [9.17, 15) is 13.2 Å². The normalized spacial score (nSPS) is 10.9. The van der Waals surface area contributed by atoms with Gasteiger partial charge in [0.2, 0.25) is 0 Å². The fourth-order valence-corrected chi connectivity index (χ4v) is 4.06. The van der Waals surface area contributed by atoms with Crippen molar-refractivity contribution in [3.05, 3.63) is 58.5 Å². The molecule has 3 aromatic rings. The number of alkyl halides is 4. The van der Waals surface area contributed by atoms with E-state index in [1.807, 2.05) is 32.2 Å². The molecule has 1 N–H and O–H groups in total. The molecule has 0 amide bonds. The molecule has 0 aliphatic rings. The molecule has 0 aliphatic carbocycles. The molecule has 29 heavy (non-hydrogen) atoms. The fraction of sp³-hybridized carbons (Fsp3) is 0.304. The summed E-state index contributed by atoms with van der Waals surface area (Å²) in [5.41, 5.74) is 2.00. The first-order valence-electron chi connectivity index (χ1n) is 9.22. The summed E-state index contributed by atoms with van der Waals surface area (Å²) in [7, 11) is 1.96. The van der Waals surface area contributed by atoms with Crippen molar-refractivity contribution >= 4 is 33.0 Å². The van der Waals surface area contributed by atoms with Gasteiger partial charge in [0.05, 0.1) is 11.4 Å². The van der Waals surface area contributed by atoms with Gasteiger partial charge in [0, 0.05) is 26.1 Å². The van der Waals surface area contributed by atoms with E-state index in [1.54, 1.807) is 11.3 Å². The number of halogens is 4. The molecule has 154 valence electrons. The van der Waals surface area contributed by atoms with Gasteiger partial charge >= 0.3 is 6.18 Å². The molecular weight excluding hydrogens is 415 g/mol. The third kappa shape index (κ3) is 6.24. The number of hydrogen-bond acceptors (Lipinski definition) is 2. The van der Waals surface area contributed by atoms with E-state index in [2.05, 4.69) is 24.1 Å². The number of aryl methyl sites for hydroxylation is 1. The van der Waals surface area contributed by atoms with E-state index >= 15 is 0 Å². The zero-order chi connectivity index (χ0) is 21.4. The average molecular weight is 438 g/mol. The predicted molar refractivity (Wildman–Crippen MR) is 119 cm³/mol. The van der Waals surface area contributed by atoms with Crippen molar-refractivity contribution in [2.75, 3.05) is 19.5 Å². The minimum atomic E-state index is -4.32. The van der Waals surface area contributed by atoms with Gasteiger partial charge in [0.1, 0.15) is 0 Å². The van der Waals surface area contributed by atoms with Crippen LogP contribution in [0.4, 0.5) is 13.2 Å². The highest BCUT2D eigenvalue weighted by molar-refractivity contribution is 7.19. The van der Waals surface area contributed by atoms with Crippen LogP contribution in [0, 0.1) is 18.8 Å². The SMILES string of the molecule is CCCNC.Cc1sc2cc(C#CCCl)ccc2c1-c1ccc(C(F)(F)F)cc1. The molecule has 0 saturated carbocycles. The third-order valence-electron chi connectivity index (χ3n) is 4.17. The molecule has 1 aromatic heterocycles. The van der Waals surface area contributed by atoms with E-state index in [1.165, 1.54) is 18.6 Å². The van der Waals surface area contributed by atoms with Crippen molar-refractivity contribution in [3.63, 3.8) is 0 Å². The lowest BCUT2D eigenvalue weighted by Crippen LogP contribution is -2.04. The van der Waals surface area contributed by atoms with Crippen LogP contribution in [0.15, 0.2) is 42.5 Å². The second-order valence-corrected chi connectivity index (χ2v) is 7.88. The van der Waals surface area contributed by atoms with E-state index < -0.39 is 11.7 Å². The minimum Gasteiger partial charge on any atom is -0.320 e. The lowest BCUT2D eigenvalue weighted by molar-refractivity contribution is -0.137. The van der Waals surface area contributed by atoms with E-state index in [-0.39, 0.29) is 5.88 Å². The molecule has 0 bridgehead atoms. The zero-order valence-corrected chi connectivity index (χ0v) is 18.2. The van der Waals surface area contributed by atoms with Gasteiger partial charge in [-0.25, -0.2) is 0 Å². The molecular formula is C23H23ClF3NS. The Morgan fingerprint density at radius 3 is 2.31 bits per heavy atom. The maximum absolute atomic E-state index is 12.7. The summed E-state index contributed by atoms with van der Waals surface area (Å²) in [6.07, 6.45) is -3.09. The lowest BCUT2D eigenvalue weighted by atomic mass is 10.00. The van der Waals surface area contributed by atoms with Crippen molar-refractivity contribution in [1.82, 2.24) is 5.32 Å². The van der Waals surface area contributed by atoms with Crippen LogP contribution in [0.2, 0.25) is 0 Å². The topological polar surface area (TPSA) is 12.0 Å². The van der Waals surface area contributed by atoms with Crippen LogP contribution in [0.3, 0.4) is 0 Å². The Bertz CT molecular complexity index is 993. The summed E-state index contributed by atoms with van der Waals surface area (Å²) in [5.74, 6) is 6.07. The van der Waals surface area contributed by atoms with Crippen LogP contribution < -0.4 is 5.32 Å². The van der Waals surface area contributed by atoms with Crippen LogP contribution in [0.25, 0.3) is 21.2 Å². The van der Waals surface area contributed by atoms with Crippen LogP contribution in [0.5, 0.6) is 0 Å². The Kier molecular flexibility index (Phi) is 8.58. The van der Waals surface area contributed by atoms with Crippen molar-refractivity contribution in [2.24, 2.45) is 0 Å².